The van der Waals surface area contributed by atoms with Crippen molar-refractivity contribution in [2.24, 2.45) is 0 Å². The molecule has 0 bridgehead atoms. The molecule has 0 fully saturated rings. The Morgan fingerprint density at radius 2 is 2.33 bits per heavy atom. The molecular weight excluding hydrogens is 258 g/mol. The second-order valence-electron chi connectivity index (χ2n) is 3.94. The van der Waals surface area contributed by atoms with Crippen LogP contribution in [0.4, 0.5) is 5.82 Å². The molecule has 2 aromatic rings. The van der Waals surface area contributed by atoms with Crippen molar-refractivity contribution in [2.45, 2.75) is 6.10 Å². The summed E-state index contributed by atoms with van der Waals surface area (Å²) in [7, 11) is 3.35. The summed E-state index contributed by atoms with van der Waals surface area (Å²) in [5.74, 6) is 0.619. The molecule has 0 aromatic carbocycles. The Morgan fingerprint density at radius 1 is 1.56 bits per heavy atom. The van der Waals surface area contributed by atoms with Gasteiger partial charge in [0.2, 0.25) is 5.28 Å². The van der Waals surface area contributed by atoms with Crippen molar-refractivity contribution in [3.8, 4) is 0 Å². The highest BCUT2D eigenvalue weighted by molar-refractivity contribution is 6.28. The lowest BCUT2D eigenvalue weighted by Gasteiger charge is -2.21. The minimum Gasteiger partial charge on any atom is -0.389 e. The number of methoxy groups -OCH3 is 1. The third-order valence-corrected chi connectivity index (χ3v) is 2.64. The Balaban J connectivity index is 2.26. The van der Waals surface area contributed by atoms with Crippen molar-refractivity contribution in [2.75, 3.05) is 32.2 Å². The predicted molar refractivity (Wildman–Crippen MR) is 67.8 cm³/mol. The van der Waals surface area contributed by atoms with Gasteiger partial charge in [-0.15, -0.1) is 0 Å². The Hall–Kier alpha value is -1.44. The first-order valence-corrected chi connectivity index (χ1v) is 5.74. The lowest BCUT2D eigenvalue weighted by atomic mass is 10.3. The number of ether oxygens (including phenoxy) is 1. The van der Waals surface area contributed by atoms with E-state index in [0.717, 1.165) is 5.39 Å². The van der Waals surface area contributed by atoms with Gasteiger partial charge in [0, 0.05) is 20.7 Å². The van der Waals surface area contributed by atoms with Crippen LogP contribution in [0.3, 0.4) is 0 Å². The molecule has 2 aromatic heterocycles. The zero-order valence-corrected chi connectivity index (χ0v) is 10.8. The van der Waals surface area contributed by atoms with E-state index in [0.29, 0.717) is 18.0 Å². The van der Waals surface area contributed by atoms with Gasteiger partial charge in [-0.3, -0.25) is 5.10 Å². The van der Waals surface area contributed by atoms with Crippen LogP contribution in [0.25, 0.3) is 11.0 Å². The molecule has 1 atom stereocenters. The van der Waals surface area contributed by atoms with Gasteiger partial charge < -0.3 is 14.7 Å². The van der Waals surface area contributed by atoms with Gasteiger partial charge in [-0.2, -0.15) is 15.1 Å². The largest absolute Gasteiger partial charge is 0.389 e. The number of rotatable bonds is 5. The molecule has 98 valence electrons. The maximum atomic E-state index is 9.71. The smallest absolute Gasteiger partial charge is 0.226 e. The monoisotopic (exact) mass is 271 g/mol. The van der Waals surface area contributed by atoms with E-state index in [2.05, 4.69) is 20.2 Å². The molecule has 7 nitrogen and oxygen atoms in total. The first-order chi connectivity index (χ1) is 8.61. The normalized spacial score (nSPS) is 12.9. The molecule has 0 saturated carbocycles. The van der Waals surface area contributed by atoms with E-state index in [1.807, 2.05) is 7.05 Å². The van der Waals surface area contributed by atoms with E-state index >= 15 is 0 Å². The van der Waals surface area contributed by atoms with Gasteiger partial charge in [-0.25, -0.2) is 0 Å². The summed E-state index contributed by atoms with van der Waals surface area (Å²) in [6.45, 7) is 0.638. The van der Waals surface area contributed by atoms with Gasteiger partial charge in [-0.05, 0) is 11.6 Å². The van der Waals surface area contributed by atoms with Gasteiger partial charge in [0.15, 0.2) is 5.65 Å². The Morgan fingerprint density at radius 3 is 3.06 bits per heavy atom. The number of fused-ring (bicyclic) bond motifs is 1. The molecule has 1 unspecified atom stereocenters. The standard InChI is InChI=1S/C10H14ClN5O2/c1-16(4-6(17)5-18-2)9-7-3-12-15-8(7)13-10(11)14-9/h3,6,17H,4-5H2,1-2H3,(H,12,13,14,15). The zero-order chi connectivity index (χ0) is 13.1. The molecule has 0 saturated heterocycles. The molecule has 0 aliphatic rings. The number of aliphatic hydroxyl groups excluding tert-OH is 1. The van der Waals surface area contributed by atoms with E-state index in [9.17, 15) is 5.11 Å². The van der Waals surface area contributed by atoms with Crippen molar-refractivity contribution < 1.29 is 9.84 Å². The Kier molecular flexibility index (Phi) is 3.95. The molecule has 18 heavy (non-hydrogen) atoms. The average molecular weight is 272 g/mol. The fraction of sp³-hybridized carbons (Fsp3) is 0.500. The molecule has 0 aliphatic carbocycles. The second-order valence-corrected chi connectivity index (χ2v) is 4.28. The topological polar surface area (TPSA) is 87.2 Å². The van der Waals surface area contributed by atoms with Crippen molar-refractivity contribution >= 4 is 28.5 Å². The molecule has 2 heterocycles. The first-order valence-electron chi connectivity index (χ1n) is 5.36. The third kappa shape index (κ3) is 2.69. The van der Waals surface area contributed by atoms with Crippen LogP contribution in [0.15, 0.2) is 6.20 Å². The third-order valence-electron chi connectivity index (χ3n) is 2.47. The van der Waals surface area contributed by atoms with Crippen molar-refractivity contribution in [3.05, 3.63) is 11.5 Å². The molecule has 8 heteroatoms. The Labute approximate surface area is 109 Å². The molecule has 0 aliphatic heterocycles. The van der Waals surface area contributed by atoms with Crippen molar-refractivity contribution in [1.29, 1.82) is 0 Å². The van der Waals surface area contributed by atoms with Crippen LogP contribution >= 0.6 is 11.6 Å². The van der Waals surface area contributed by atoms with Gasteiger partial charge in [-0.1, -0.05) is 0 Å². The first kappa shape index (κ1) is 13.0. The van der Waals surface area contributed by atoms with E-state index in [4.69, 9.17) is 16.3 Å². The van der Waals surface area contributed by atoms with Crippen LogP contribution in [0.1, 0.15) is 0 Å². The summed E-state index contributed by atoms with van der Waals surface area (Å²) in [6, 6.07) is 0. The van der Waals surface area contributed by atoms with Crippen molar-refractivity contribution in [1.82, 2.24) is 20.2 Å². The number of nitrogens with one attached hydrogen (secondary N) is 1. The minimum atomic E-state index is -0.601. The summed E-state index contributed by atoms with van der Waals surface area (Å²) < 4.78 is 4.88. The van der Waals surface area contributed by atoms with Crippen molar-refractivity contribution in [3.63, 3.8) is 0 Å². The molecular formula is C10H14ClN5O2. The Bertz CT molecular complexity index is 532. The number of hydrogen-bond donors (Lipinski definition) is 2. The van der Waals surface area contributed by atoms with Crippen LogP contribution < -0.4 is 4.90 Å². The molecule has 2 rings (SSSR count). The fourth-order valence-electron chi connectivity index (χ4n) is 1.73. The predicted octanol–water partition coefficient (Wildman–Crippen LogP) is 0.450. The van der Waals surface area contributed by atoms with Gasteiger partial charge >= 0.3 is 0 Å². The number of likely N-dealkylation sites (N-methyl/N-ethyl adjacent to an activating group) is 1. The van der Waals surface area contributed by atoms with Crippen LogP contribution in [0, 0.1) is 0 Å². The lowest BCUT2D eigenvalue weighted by molar-refractivity contribution is 0.0694. The van der Waals surface area contributed by atoms with Crippen LogP contribution in [-0.4, -0.2) is 58.7 Å². The summed E-state index contributed by atoms with van der Waals surface area (Å²) >= 11 is 5.84. The lowest BCUT2D eigenvalue weighted by Crippen LogP contribution is -2.32. The van der Waals surface area contributed by atoms with Crippen LogP contribution in [0.2, 0.25) is 5.28 Å². The number of anilines is 1. The summed E-state index contributed by atoms with van der Waals surface area (Å²) in [6.07, 6.45) is 1.02. The summed E-state index contributed by atoms with van der Waals surface area (Å²) in [5, 5.41) is 17.2. The number of aromatic nitrogens is 4. The van der Waals surface area contributed by atoms with E-state index < -0.39 is 6.10 Å². The number of aromatic amines is 1. The van der Waals surface area contributed by atoms with E-state index in [1.54, 1.807) is 18.2 Å². The second kappa shape index (κ2) is 5.47. The highest BCUT2D eigenvalue weighted by Gasteiger charge is 2.15. The maximum Gasteiger partial charge on any atom is 0.226 e. The molecule has 0 amide bonds. The van der Waals surface area contributed by atoms with Gasteiger partial charge in [0.25, 0.3) is 0 Å². The number of aliphatic hydroxyl groups is 1. The average Bonchev–Trinajstić information content (AvgIpc) is 2.75. The van der Waals surface area contributed by atoms with Gasteiger partial charge in [0.05, 0.1) is 24.3 Å². The molecule has 2 N–H and O–H groups in total. The van der Waals surface area contributed by atoms with Crippen LogP contribution in [-0.2, 0) is 4.74 Å². The van der Waals surface area contributed by atoms with E-state index in [-0.39, 0.29) is 11.9 Å². The fourth-order valence-corrected chi connectivity index (χ4v) is 1.90. The maximum absolute atomic E-state index is 9.71. The highest BCUT2D eigenvalue weighted by atomic mass is 35.5. The van der Waals surface area contributed by atoms with E-state index in [1.165, 1.54) is 0 Å². The number of hydrogen-bond acceptors (Lipinski definition) is 6. The number of halogens is 1. The van der Waals surface area contributed by atoms with Crippen LogP contribution in [0.5, 0.6) is 0 Å². The number of H-pyrrole nitrogens is 1. The SMILES string of the molecule is COCC(O)CN(C)c1nc(Cl)nc2[nH]ncc12. The summed E-state index contributed by atoms with van der Waals surface area (Å²) in [4.78, 5) is 9.96. The zero-order valence-electron chi connectivity index (χ0n) is 10.1. The molecule has 0 radical (unpaired) electrons. The van der Waals surface area contributed by atoms with Gasteiger partial charge in [0.1, 0.15) is 5.82 Å². The quantitative estimate of drug-likeness (QED) is 0.768. The minimum absolute atomic E-state index is 0.134. The number of nitrogens with zero attached hydrogens (tertiary/aromatic N) is 4. The summed E-state index contributed by atoms with van der Waals surface area (Å²) in [5.41, 5.74) is 0.568. The highest BCUT2D eigenvalue weighted by Crippen LogP contribution is 2.22. The molecule has 0 spiro atoms.